The standard InChI is InChI=1S/C13H16ClN3OS/c1-13(2,3)12-16-11(17-18-12)7-19-10-5-4-8(15)6-9(10)14/h4-6H,7,15H2,1-3H3. The summed E-state index contributed by atoms with van der Waals surface area (Å²) in [5, 5.41) is 4.61. The number of rotatable bonds is 3. The first-order valence-corrected chi connectivity index (χ1v) is 7.23. The lowest BCUT2D eigenvalue weighted by atomic mass is 9.97. The molecule has 19 heavy (non-hydrogen) atoms. The lowest BCUT2D eigenvalue weighted by molar-refractivity contribution is 0.319. The lowest BCUT2D eigenvalue weighted by Gasteiger charge is -2.10. The van der Waals surface area contributed by atoms with Crippen molar-refractivity contribution < 1.29 is 4.52 Å². The molecule has 0 atom stereocenters. The Morgan fingerprint density at radius 3 is 2.68 bits per heavy atom. The van der Waals surface area contributed by atoms with Crippen LogP contribution in [0.2, 0.25) is 5.02 Å². The number of nitrogens with zero attached hydrogens (tertiary/aromatic N) is 2. The fourth-order valence-corrected chi connectivity index (χ4v) is 2.51. The number of hydrogen-bond donors (Lipinski definition) is 1. The van der Waals surface area contributed by atoms with Gasteiger partial charge in [0.15, 0.2) is 5.82 Å². The van der Waals surface area contributed by atoms with Gasteiger partial charge in [0, 0.05) is 16.0 Å². The molecule has 0 amide bonds. The number of halogens is 1. The number of benzene rings is 1. The van der Waals surface area contributed by atoms with Crippen LogP contribution in [0, 0.1) is 0 Å². The van der Waals surface area contributed by atoms with Gasteiger partial charge in [0.05, 0.1) is 10.8 Å². The van der Waals surface area contributed by atoms with Crippen molar-refractivity contribution in [3.63, 3.8) is 0 Å². The molecule has 2 rings (SSSR count). The topological polar surface area (TPSA) is 64.9 Å². The highest BCUT2D eigenvalue weighted by atomic mass is 35.5. The Morgan fingerprint density at radius 2 is 2.11 bits per heavy atom. The Labute approximate surface area is 121 Å². The molecule has 2 aromatic rings. The summed E-state index contributed by atoms with van der Waals surface area (Å²) in [5.74, 6) is 1.93. The Kier molecular flexibility index (Phi) is 4.06. The molecule has 1 heterocycles. The van der Waals surface area contributed by atoms with Gasteiger partial charge in [0.25, 0.3) is 0 Å². The smallest absolute Gasteiger partial charge is 0.232 e. The third-order valence-electron chi connectivity index (χ3n) is 2.42. The highest BCUT2D eigenvalue weighted by Gasteiger charge is 2.21. The van der Waals surface area contributed by atoms with Crippen molar-refractivity contribution in [2.24, 2.45) is 0 Å². The van der Waals surface area contributed by atoms with Gasteiger partial charge in [-0.05, 0) is 18.2 Å². The van der Waals surface area contributed by atoms with Crippen molar-refractivity contribution >= 4 is 29.1 Å². The van der Waals surface area contributed by atoms with E-state index in [2.05, 4.69) is 10.1 Å². The number of hydrogen-bond acceptors (Lipinski definition) is 5. The maximum Gasteiger partial charge on any atom is 0.232 e. The third-order valence-corrected chi connectivity index (χ3v) is 3.92. The minimum Gasteiger partial charge on any atom is -0.399 e. The van der Waals surface area contributed by atoms with Gasteiger partial charge >= 0.3 is 0 Å². The second kappa shape index (κ2) is 5.43. The molecule has 6 heteroatoms. The zero-order valence-corrected chi connectivity index (χ0v) is 12.7. The maximum atomic E-state index is 6.11. The molecule has 0 unspecified atom stereocenters. The number of aromatic nitrogens is 2. The maximum absolute atomic E-state index is 6.11. The summed E-state index contributed by atoms with van der Waals surface area (Å²) in [7, 11) is 0. The van der Waals surface area contributed by atoms with Crippen LogP contribution in [-0.2, 0) is 11.2 Å². The highest BCUT2D eigenvalue weighted by Crippen LogP contribution is 2.31. The average molecular weight is 298 g/mol. The normalized spacial score (nSPS) is 11.8. The average Bonchev–Trinajstić information content (AvgIpc) is 2.76. The van der Waals surface area contributed by atoms with Crippen LogP contribution in [0.4, 0.5) is 5.69 Å². The fourth-order valence-electron chi connectivity index (χ4n) is 1.39. The zero-order valence-electron chi connectivity index (χ0n) is 11.1. The molecule has 2 N–H and O–H groups in total. The van der Waals surface area contributed by atoms with Gasteiger partial charge in [-0.15, -0.1) is 11.8 Å². The van der Waals surface area contributed by atoms with Crippen molar-refractivity contribution in [1.29, 1.82) is 0 Å². The van der Waals surface area contributed by atoms with Crippen LogP contribution in [0.15, 0.2) is 27.6 Å². The second-order valence-electron chi connectivity index (χ2n) is 5.24. The zero-order chi connectivity index (χ0) is 14.0. The highest BCUT2D eigenvalue weighted by molar-refractivity contribution is 7.98. The predicted octanol–water partition coefficient (Wildman–Crippen LogP) is 3.90. The Bertz CT molecular complexity index is 578. The minimum atomic E-state index is -0.130. The molecule has 0 saturated carbocycles. The summed E-state index contributed by atoms with van der Waals surface area (Å²) < 4.78 is 5.24. The Morgan fingerprint density at radius 1 is 1.37 bits per heavy atom. The number of nitrogen functional groups attached to an aromatic ring is 1. The minimum absolute atomic E-state index is 0.130. The van der Waals surface area contributed by atoms with Crippen LogP contribution in [0.25, 0.3) is 0 Å². The lowest BCUT2D eigenvalue weighted by Crippen LogP contribution is -2.11. The van der Waals surface area contributed by atoms with Crippen LogP contribution < -0.4 is 5.73 Å². The Balaban J connectivity index is 2.04. The molecule has 0 spiro atoms. The van der Waals surface area contributed by atoms with Gasteiger partial charge in [-0.3, -0.25) is 0 Å². The Hall–Kier alpha value is -1.20. The van der Waals surface area contributed by atoms with Crippen molar-refractivity contribution in [3.8, 4) is 0 Å². The summed E-state index contributed by atoms with van der Waals surface area (Å²) >= 11 is 7.67. The quantitative estimate of drug-likeness (QED) is 0.687. The molecular weight excluding hydrogens is 282 g/mol. The predicted molar refractivity (Wildman–Crippen MR) is 78.4 cm³/mol. The van der Waals surface area contributed by atoms with Gasteiger partial charge in [-0.2, -0.15) is 4.98 Å². The largest absolute Gasteiger partial charge is 0.399 e. The van der Waals surface area contributed by atoms with E-state index in [0.29, 0.717) is 28.2 Å². The monoisotopic (exact) mass is 297 g/mol. The van der Waals surface area contributed by atoms with Crippen molar-refractivity contribution in [3.05, 3.63) is 34.9 Å². The first-order chi connectivity index (χ1) is 8.86. The fraction of sp³-hybridized carbons (Fsp3) is 0.385. The van der Waals surface area contributed by atoms with E-state index < -0.39 is 0 Å². The first-order valence-electron chi connectivity index (χ1n) is 5.87. The van der Waals surface area contributed by atoms with Gasteiger partial charge in [-0.25, -0.2) is 0 Å². The summed E-state index contributed by atoms with van der Waals surface area (Å²) in [6.45, 7) is 6.11. The molecule has 0 radical (unpaired) electrons. The summed E-state index contributed by atoms with van der Waals surface area (Å²) in [5.41, 5.74) is 6.18. The van der Waals surface area contributed by atoms with Crippen LogP contribution in [0.3, 0.4) is 0 Å². The summed E-state index contributed by atoms with van der Waals surface area (Å²) in [6.07, 6.45) is 0. The molecule has 0 aliphatic heterocycles. The third kappa shape index (κ3) is 3.64. The molecular formula is C13H16ClN3OS. The van der Waals surface area contributed by atoms with E-state index in [1.165, 1.54) is 0 Å². The molecule has 0 aliphatic rings. The molecule has 102 valence electrons. The molecule has 1 aromatic carbocycles. The van der Waals surface area contributed by atoms with Gasteiger partial charge in [0.1, 0.15) is 0 Å². The van der Waals surface area contributed by atoms with E-state index in [1.807, 2.05) is 32.9 Å². The second-order valence-corrected chi connectivity index (χ2v) is 6.67. The molecule has 0 bridgehead atoms. The molecule has 0 aliphatic carbocycles. The molecule has 0 saturated heterocycles. The van der Waals surface area contributed by atoms with E-state index in [0.717, 1.165) is 4.90 Å². The number of nitrogens with two attached hydrogens (primary N) is 1. The summed E-state index contributed by atoms with van der Waals surface area (Å²) in [6, 6.07) is 5.46. The SMILES string of the molecule is CC(C)(C)c1nc(CSc2ccc(N)cc2Cl)no1. The summed E-state index contributed by atoms with van der Waals surface area (Å²) in [4.78, 5) is 5.33. The van der Waals surface area contributed by atoms with Gasteiger partial charge in [-0.1, -0.05) is 37.5 Å². The first kappa shape index (κ1) is 14.2. The molecule has 1 aromatic heterocycles. The van der Waals surface area contributed by atoms with Crippen LogP contribution in [0.5, 0.6) is 0 Å². The van der Waals surface area contributed by atoms with Gasteiger partial charge in [0.2, 0.25) is 5.89 Å². The van der Waals surface area contributed by atoms with Crippen molar-refractivity contribution in [2.75, 3.05) is 5.73 Å². The van der Waals surface area contributed by atoms with Gasteiger partial charge < -0.3 is 10.3 Å². The number of anilines is 1. The van der Waals surface area contributed by atoms with E-state index in [-0.39, 0.29) is 5.41 Å². The van der Waals surface area contributed by atoms with Crippen molar-refractivity contribution in [2.45, 2.75) is 36.8 Å². The van der Waals surface area contributed by atoms with Crippen LogP contribution >= 0.6 is 23.4 Å². The van der Waals surface area contributed by atoms with Crippen molar-refractivity contribution in [1.82, 2.24) is 10.1 Å². The van der Waals surface area contributed by atoms with Crippen LogP contribution in [0.1, 0.15) is 32.5 Å². The number of thioether (sulfide) groups is 1. The van der Waals surface area contributed by atoms with E-state index in [4.69, 9.17) is 21.9 Å². The van der Waals surface area contributed by atoms with Crippen LogP contribution in [-0.4, -0.2) is 10.1 Å². The molecule has 4 nitrogen and oxygen atoms in total. The van der Waals surface area contributed by atoms with E-state index in [9.17, 15) is 0 Å². The van der Waals surface area contributed by atoms with E-state index in [1.54, 1.807) is 17.8 Å². The molecule has 0 fully saturated rings. The van der Waals surface area contributed by atoms with E-state index >= 15 is 0 Å².